The molecule has 2 aliphatic heterocycles. The van der Waals surface area contributed by atoms with Crippen molar-refractivity contribution in [3.05, 3.63) is 0 Å². The predicted molar refractivity (Wildman–Crippen MR) is 69.6 cm³/mol. The van der Waals surface area contributed by atoms with Crippen LogP contribution in [0.15, 0.2) is 0 Å². The van der Waals surface area contributed by atoms with E-state index >= 15 is 0 Å². The second-order valence-electron chi connectivity index (χ2n) is 6.13. The molecule has 3 atom stereocenters. The first-order valence-corrected chi connectivity index (χ1v) is 7.16. The summed E-state index contributed by atoms with van der Waals surface area (Å²) in [5, 5.41) is 3.71. The van der Waals surface area contributed by atoms with Crippen LogP contribution < -0.4 is 5.32 Å². The average Bonchev–Trinajstić information content (AvgIpc) is 2.69. The van der Waals surface area contributed by atoms with Crippen LogP contribution in [0.4, 0.5) is 0 Å². The molecule has 0 saturated carbocycles. The van der Waals surface area contributed by atoms with Gasteiger partial charge in [-0.2, -0.15) is 0 Å². The van der Waals surface area contributed by atoms with Crippen molar-refractivity contribution in [2.24, 2.45) is 11.8 Å². The van der Waals surface area contributed by atoms with Gasteiger partial charge in [0, 0.05) is 18.6 Å². The molecule has 16 heavy (non-hydrogen) atoms. The average molecular weight is 224 g/mol. The molecule has 2 rings (SSSR count). The molecule has 0 aromatic carbocycles. The van der Waals surface area contributed by atoms with Gasteiger partial charge in [0.2, 0.25) is 0 Å². The van der Waals surface area contributed by atoms with Gasteiger partial charge in [-0.1, -0.05) is 20.8 Å². The third-order valence-corrected chi connectivity index (χ3v) is 4.54. The highest BCUT2D eigenvalue weighted by Gasteiger charge is 2.31. The Bertz CT molecular complexity index is 215. The van der Waals surface area contributed by atoms with E-state index in [1.54, 1.807) is 0 Å². The Labute approximate surface area is 101 Å². The van der Waals surface area contributed by atoms with Gasteiger partial charge in [0.1, 0.15) is 0 Å². The van der Waals surface area contributed by atoms with E-state index in [2.05, 4.69) is 31.0 Å². The fourth-order valence-corrected chi connectivity index (χ4v) is 3.44. The van der Waals surface area contributed by atoms with Crippen molar-refractivity contribution in [3.8, 4) is 0 Å². The van der Waals surface area contributed by atoms with Gasteiger partial charge in [-0.25, -0.2) is 0 Å². The molecule has 2 aliphatic rings. The number of rotatable bonds is 3. The molecular formula is C14H28N2. The quantitative estimate of drug-likeness (QED) is 0.792. The van der Waals surface area contributed by atoms with E-state index < -0.39 is 0 Å². The topological polar surface area (TPSA) is 15.3 Å². The molecule has 2 saturated heterocycles. The summed E-state index contributed by atoms with van der Waals surface area (Å²) < 4.78 is 0. The molecule has 0 aliphatic carbocycles. The van der Waals surface area contributed by atoms with E-state index in [0.717, 1.165) is 23.9 Å². The van der Waals surface area contributed by atoms with Gasteiger partial charge in [0.25, 0.3) is 0 Å². The van der Waals surface area contributed by atoms with Crippen molar-refractivity contribution in [2.75, 3.05) is 19.6 Å². The molecule has 2 fully saturated rings. The molecule has 94 valence electrons. The molecule has 1 N–H and O–H groups in total. The summed E-state index contributed by atoms with van der Waals surface area (Å²) in [7, 11) is 0. The molecule has 0 aromatic heterocycles. The van der Waals surface area contributed by atoms with Crippen LogP contribution in [0.2, 0.25) is 0 Å². The highest BCUT2D eigenvalue weighted by Crippen LogP contribution is 2.26. The molecule has 0 spiro atoms. The van der Waals surface area contributed by atoms with E-state index in [0.29, 0.717) is 0 Å². The first-order chi connectivity index (χ1) is 7.68. The predicted octanol–water partition coefficient (Wildman–Crippen LogP) is 2.49. The summed E-state index contributed by atoms with van der Waals surface area (Å²) in [6.45, 7) is 11.0. The third kappa shape index (κ3) is 2.78. The van der Waals surface area contributed by atoms with Crippen molar-refractivity contribution < 1.29 is 0 Å². The first kappa shape index (κ1) is 12.4. The Hall–Kier alpha value is -0.0800. The Morgan fingerprint density at radius 3 is 2.75 bits per heavy atom. The number of hydrogen-bond donors (Lipinski definition) is 1. The molecule has 0 bridgehead atoms. The number of nitrogens with zero attached hydrogens (tertiary/aromatic N) is 1. The molecular weight excluding hydrogens is 196 g/mol. The molecule has 2 heterocycles. The lowest BCUT2D eigenvalue weighted by Crippen LogP contribution is -2.49. The smallest absolute Gasteiger partial charge is 0.0220 e. The summed E-state index contributed by atoms with van der Waals surface area (Å²) in [5.74, 6) is 1.68. The monoisotopic (exact) mass is 224 g/mol. The minimum atomic E-state index is 0.744. The van der Waals surface area contributed by atoms with Gasteiger partial charge in [-0.3, -0.25) is 4.90 Å². The van der Waals surface area contributed by atoms with Crippen LogP contribution in [0.25, 0.3) is 0 Å². The van der Waals surface area contributed by atoms with Crippen LogP contribution in [0.5, 0.6) is 0 Å². The summed E-state index contributed by atoms with van der Waals surface area (Å²) >= 11 is 0. The van der Waals surface area contributed by atoms with Gasteiger partial charge in [-0.15, -0.1) is 0 Å². The second-order valence-corrected chi connectivity index (χ2v) is 6.13. The Kier molecular flexibility index (Phi) is 4.26. The number of hydrogen-bond acceptors (Lipinski definition) is 2. The maximum Gasteiger partial charge on any atom is 0.0220 e. The van der Waals surface area contributed by atoms with Crippen molar-refractivity contribution in [1.82, 2.24) is 10.2 Å². The third-order valence-electron chi connectivity index (χ3n) is 4.54. The summed E-state index contributed by atoms with van der Waals surface area (Å²) in [5.41, 5.74) is 0. The zero-order chi connectivity index (χ0) is 11.5. The van der Waals surface area contributed by atoms with E-state index in [4.69, 9.17) is 0 Å². The lowest BCUT2D eigenvalue weighted by Gasteiger charge is -2.36. The molecule has 0 radical (unpaired) electrons. The Morgan fingerprint density at radius 1 is 1.25 bits per heavy atom. The first-order valence-electron chi connectivity index (χ1n) is 7.16. The van der Waals surface area contributed by atoms with Crippen molar-refractivity contribution in [1.29, 1.82) is 0 Å². The van der Waals surface area contributed by atoms with Gasteiger partial charge in [-0.05, 0) is 50.6 Å². The van der Waals surface area contributed by atoms with E-state index in [-0.39, 0.29) is 0 Å². The Balaban J connectivity index is 1.87. The van der Waals surface area contributed by atoms with E-state index in [1.165, 1.54) is 45.3 Å². The lowest BCUT2D eigenvalue weighted by atomic mass is 9.91. The number of nitrogens with one attached hydrogen (secondary N) is 1. The largest absolute Gasteiger partial charge is 0.312 e. The van der Waals surface area contributed by atoms with Crippen LogP contribution >= 0.6 is 0 Å². The van der Waals surface area contributed by atoms with Crippen LogP contribution in [-0.4, -0.2) is 36.6 Å². The maximum absolute atomic E-state index is 3.71. The highest BCUT2D eigenvalue weighted by molar-refractivity contribution is 4.87. The van der Waals surface area contributed by atoms with Crippen molar-refractivity contribution in [3.63, 3.8) is 0 Å². The zero-order valence-electron chi connectivity index (χ0n) is 11.2. The van der Waals surface area contributed by atoms with Gasteiger partial charge < -0.3 is 5.32 Å². The summed E-state index contributed by atoms with van der Waals surface area (Å²) in [6.07, 6.45) is 5.60. The maximum atomic E-state index is 3.71. The standard InChI is InChI=1S/C14H28N2/c1-11(2)14-7-5-9-16(14)10-13-12(3)6-4-8-15-13/h11-15H,4-10H2,1-3H3. The molecule has 0 aromatic rings. The Morgan fingerprint density at radius 2 is 2.06 bits per heavy atom. The van der Waals surface area contributed by atoms with Crippen molar-refractivity contribution >= 4 is 0 Å². The van der Waals surface area contributed by atoms with Crippen molar-refractivity contribution in [2.45, 2.75) is 58.5 Å². The summed E-state index contributed by atoms with van der Waals surface area (Å²) in [4.78, 5) is 2.74. The van der Waals surface area contributed by atoms with Crippen LogP contribution in [0, 0.1) is 11.8 Å². The minimum absolute atomic E-state index is 0.744. The molecule has 3 unspecified atom stereocenters. The number of piperidine rings is 1. The number of likely N-dealkylation sites (tertiary alicyclic amines) is 1. The highest BCUT2D eigenvalue weighted by atomic mass is 15.2. The minimum Gasteiger partial charge on any atom is -0.312 e. The normalized spacial score (nSPS) is 37.1. The van der Waals surface area contributed by atoms with Crippen LogP contribution in [-0.2, 0) is 0 Å². The van der Waals surface area contributed by atoms with Gasteiger partial charge >= 0.3 is 0 Å². The van der Waals surface area contributed by atoms with Gasteiger partial charge in [0.05, 0.1) is 0 Å². The molecule has 2 nitrogen and oxygen atoms in total. The molecule has 0 amide bonds. The molecule has 2 heteroatoms. The second kappa shape index (κ2) is 5.50. The fourth-order valence-electron chi connectivity index (χ4n) is 3.44. The summed E-state index contributed by atoms with van der Waals surface area (Å²) in [6, 6.07) is 1.59. The van der Waals surface area contributed by atoms with Crippen LogP contribution in [0.3, 0.4) is 0 Å². The fraction of sp³-hybridized carbons (Fsp3) is 1.00. The van der Waals surface area contributed by atoms with Gasteiger partial charge in [0.15, 0.2) is 0 Å². The van der Waals surface area contributed by atoms with E-state index in [9.17, 15) is 0 Å². The van der Waals surface area contributed by atoms with Crippen LogP contribution in [0.1, 0.15) is 46.5 Å². The lowest BCUT2D eigenvalue weighted by molar-refractivity contribution is 0.154. The van der Waals surface area contributed by atoms with E-state index in [1.807, 2.05) is 0 Å². The SMILES string of the molecule is CC(C)C1CCCN1CC1NCCCC1C. The zero-order valence-corrected chi connectivity index (χ0v) is 11.2.